The van der Waals surface area contributed by atoms with Gasteiger partial charge in [0.15, 0.2) is 0 Å². The molecule has 1 aromatic carbocycles. The van der Waals surface area contributed by atoms with E-state index in [0.717, 1.165) is 38.9 Å². The van der Waals surface area contributed by atoms with Gasteiger partial charge in [0, 0.05) is 37.6 Å². The number of hydrogen-bond donors (Lipinski definition) is 1. The first-order chi connectivity index (χ1) is 11.2. The predicted octanol–water partition coefficient (Wildman–Crippen LogP) is 2.63. The molecule has 0 bridgehead atoms. The van der Waals surface area contributed by atoms with Gasteiger partial charge >= 0.3 is 0 Å². The third-order valence-electron chi connectivity index (χ3n) is 5.45. The number of nitrogens with zero attached hydrogens (tertiary/aromatic N) is 2. The molecule has 2 heterocycles. The molecule has 1 aromatic rings. The Hall–Kier alpha value is -1.10. The summed E-state index contributed by atoms with van der Waals surface area (Å²) < 4.78 is 0. The van der Waals surface area contributed by atoms with Gasteiger partial charge in [-0.2, -0.15) is 0 Å². The van der Waals surface area contributed by atoms with Gasteiger partial charge in [-0.25, -0.2) is 0 Å². The molecule has 1 amide bonds. The van der Waals surface area contributed by atoms with E-state index in [9.17, 15) is 4.79 Å². The topological polar surface area (TPSA) is 49.6 Å². The summed E-state index contributed by atoms with van der Waals surface area (Å²) >= 11 is 0. The Bertz CT molecular complexity index is 525. The number of likely N-dealkylation sites (tertiary alicyclic amines) is 2. The highest BCUT2D eigenvalue weighted by molar-refractivity contribution is 5.85. The lowest BCUT2D eigenvalue weighted by Gasteiger charge is -2.36. The van der Waals surface area contributed by atoms with Crippen LogP contribution >= 0.6 is 12.4 Å². The molecule has 4 nitrogen and oxygen atoms in total. The summed E-state index contributed by atoms with van der Waals surface area (Å²) in [5, 5.41) is 0. The van der Waals surface area contributed by atoms with Crippen LogP contribution in [0.1, 0.15) is 44.1 Å². The summed E-state index contributed by atoms with van der Waals surface area (Å²) in [6, 6.07) is 11.0. The van der Waals surface area contributed by atoms with Crippen LogP contribution in [-0.4, -0.2) is 54.0 Å². The minimum Gasteiger partial charge on any atom is -0.339 e. The van der Waals surface area contributed by atoms with Gasteiger partial charge < -0.3 is 10.6 Å². The van der Waals surface area contributed by atoms with Crippen LogP contribution < -0.4 is 5.73 Å². The molecule has 0 radical (unpaired) electrons. The van der Waals surface area contributed by atoms with Gasteiger partial charge in [-0.15, -0.1) is 12.4 Å². The van der Waals surface area contributed by atoms with Crippen LogP contribution in [0, 0.1) is 0 Å². The average molecular weight is 352 g/mol. The second kappa shape index (κ2) is 8.84. The number of carbonyl (C=O) groups is 1. The van der Waals surface area contributed by atoms with Crippen LogP contribution in [0.25, 0.3) is 0 Å². The first-order valence-electron chi connectivity index (χ1n) is 9.01. The highest BCUT2D eigenvalue weighted by atomic mass is 35.5. The van der Waals surface area contributed by atoms with Gasteiger partial charge in [0.05, 0.1) is 6.54 Å². The Kier molecular flexibility index (Phi) is 7.08. The van der Waals surface area contributed by atoms with Crippen molar-refractivity contribution in [2.75, 3.05) is 26.2 Å². The molecule has 2 fully saturated rings. The van der Waals surface area contributed by atoms with Gasteiger partial charge in [0.1, 0.15) is 0 Å². The summed E-state index contributed by atoms with van der Waals surface area (Å²) in [4.78, 5) is 17.1. The molecule has 3 rings (SSSR count). The molecule has 24 heavy (non-hydrogen) atoms. The fourth-order valence-corrected chi connectivity index (χ4v) is 4.13. The third kappa shape index (κ3) is 4.29. The normalized spacial score (nSPS) is 27.8. The lowest BCUT2D eigenvalue weighted by Crippen LogP contribution is -2.47. The number of halogens is 1. The molecule has 0 saturated carbocycles. The maximum Gasteiger partial charge on any atom is 0.236 e. The molecule has 2 N–H and O–H groups in total. The van der Waals surface area contributed by atoms with Crippen LogP contribution in [0.3, 0.4) is 0 Å². The Morgan fingerprint density at radius 3 is 2.67 bits per heavy atom. The summed E-state index contributed by atoms with van der Waals surface area (Å²) in [6.07, 6.45) is 4.63. The Morgan fingerprint density at radius 2 is 1.96 bits per heavy atom. The predicted molar refractivity (Wildman–Crippen MR) is 100 cm³/mol. The van der Waals surface area contributed by atoms with E-state index in [2.05, 4.69) is 41.0 Å². The van der Waals surface area contributed by atoms with Crippen molar-refractivity contribution in [1.29, 1.82) is 0 Å². The van der Waals surface area contributed by atoms with Crippen LogP contribution in [0.4, 0.5) is 0 Å². The quantitative estimate of drug-likeness (QED) is 0.907. The zero-order chi connectivity index (χ0) is 16.2. The van der Waals surface area contributed by atoms with E-state index in [1.807, 2.05) is 6.07 Å². The largest absolute Gasteiger partial charge is 0.339 e. The lowest BCUT2D eigenvalue weighted by molar-refractivity contribution is -0.135. The number of benzene rings is 1. The van der Waals surface area contributed by atoms with E-state index in [1.165, 1.54) is 12.0 Å². The molecule has 2 aliphatic rings. The maximum absolute atomic E-state index is 12.7. The van der Waals surface area contributed by atoms with Crippen LogP contribution in [0.2, 0.25) is 0 Å². The van der Waals surface area contributed by atoms with E-state index in [0.29, 0.717) is 18.5 Å². The lowest BCUT2D eigenvalue weighted by atomic mass is 9.95. The zero-order valence-electron chi connectivity index (χ0n) is 14.6. The number of piperidine rings is 1. The summed E-state index contributed by atoms with van der Waals surface area (Å²) in [6.45, 7) is 5.35. The van der Waals surface area contributed by atoms with Gasteiger partial charge in [-0.1, -0.05) is 37.3 Å². The second-order valence-electron chi connectivity index (χ2n) is 7.02. The number of hydrogen-bond acceptors (Lipinski definition) is 3. The number of rotatable bonds is 4. The molecule has 5 heteroatoms. The Balaban J connectivity index is 0.00000208. The first-order valence-corrected chi connectivity index (χ1v) is 9.01. The molecule has 3 atom stereocenters. The fraction of sp³-hybridized carbons (Fsp3) is 0.632. The van der Waals surface area contributed by atoms with E-state index in [4.69, 9.17) is 5.73 Å². The molecule has 134 valence electrons. The van der Waals surface area contributed by atoms with Crippen LogP contribution in [0.15, 0.2) is 30.3 Å². The zero-order valence-corrected chi connectivity index (χ0v) is 15.4. The van der Waals surface area contributed by atoms with E-state index in [1.54, 1.807) is 0 Å². The molecule has 0 spiro atoms. The number of amides is 1. The number of carbonyl (C=O) groups excluding carboxylic acids is 1. The van der Waals surface area contributed by atoms with Crippen LogP contribution in [0.5, 0.6) is 0 Å². The molecule has 0 aromatic heterocycles. The van der Waals surface area contributed by atoms with Gasteiger partial charge in [0.25, 0.3) is 0 Å². The SMILES string of the molecule is CCC1CCCCN1C(=O)CN1C[C@@H](N)[C@H](c2ccccc2)C1.Cl. The Morgan fingerprint density at radius 1 is 1.21 bits per heavy atom. The van der Waals surface area contributed by atoms with Crippen molar-refractivity contribution >= 4 is 18.3 Å². The van der Waals surface area contributed by atoms with Gasteiger partial charge in [0.2, 0.25) is 5.91 Å². The Labute approximate surface area is 151 Å². The van der Waals surface area contributed by atoms with Gasteiger partial charge in [-0.05, 0) is 31.2 Å². The van der Waals surface area contributed by atoms with Crippen molar-refractivity contribution in [2.24, 2.45) is 5.73 Å². The smallest absolute Gasteiger partial charge is 0.236 e. The molecular weight excluding hydrogens is 322 g/mol. The second-order valence-corrected chi connectivity index (χ2v) is 7.02. The van der Waals surface area contributed by atoms with E-state index in [-0.39, 0.29) is 24.4 Å². The minimum absolute atomic E-state index is 0. The standard InChI is InChI=1S/C19H29N3O.ClH/c1-2-16-10-6-7-11-22(16)19(23)14-21-12-17(18(20)13-21)15-8-4-3-5-9-15;/h3-5,8-9,16-18H,2,6-7,10-14,20H2,1H3;1H/t16?,17-,18+;/m0./s1. The highest BCUT2D eigenvalue weighted by Crippen LogP contribution is 2.27. The minimum atomic E-state index is 0. The number of nitrogens with two attached hydrogens (primary N) is 1. The molecule has 2 aliphatic heterocycles. The summed E-state index contributed by atoms with van der Waals surface area (Å²) in [5.41, 5.74) is 7.63. The van der Waals surface area contributed by atoms with Crippen molar-refractivity contribution in [3.05, 3.63) is 35.9 Å². The van der Waals surface area contributed by atoms with Crippen LogP contribution in [-0.2, 0) is 4.79 Å². The average Bonchev–Trinajstić information content (AvgIpc) is 2.95. The van der Waals surface area contributed by atoms with E-state index >= 15 is 0 Å². The van der Waals surface area contributed by atoms with Crippen molar-refractivity contribution in [3.8, 4) is 0 Å². The highest BCUT2D eigenvalue weighted by Gasteiger charge is 2.34. The van der Waals surface area contributed by atoms with Gasteiger partial charge in [-0.3, -0.25) is 9.69 Å². The van der Waals surface area contributed by atoms with Crippen molar-refractivity contribution in [1.82, 2.24) is 9.80 Å². The van der Waals surface area contributed by atoms with Crippen molar-refractivity contribution < 1.29 is 4.79 Å². The molecule has 0 aliphatic carbocycles. The third-order valence-corrected chi connectivity index (χ3v) is 5.45. The molecule has 1 unspecified atom stereocenters. The molecular formula is C19H30ClN3O. The van der Waals surface area contributed by atoms with Crippen molar-refractivity contribution in [2.45, 2.75) is 50.6 Å². The van der Waals surface area contributed by atoms with E-state index < -0.39 is 0 Å². The maximum atomic E-state index is 12.7. The fourth-order valence-electron chi connectivity index (χ4n) is 4.13. The summed E-state index contributed by atoms with van der Waals surface area (Å²) in [7, 11) is 0. The first kappa shape index (κ1) is 19.2. The summed E-state index contributed by atoms with van der Waals surface area (Å²) in [5.74, 6) is 0.629. The molecule has 2 saturated heterocycles. The van der Waals surface area contributed by atoms with Crippen molar-refractivity contribution in [3.63, 3.8) is 0 Å². The monoisotopic (exact) mass is 351 g/mol.